The van der Waals surface area contributed by atoms with Crippen molar-refractivity contribution in [2.24, 2.45) is 10.9 Å². The quantitative estimate of drug-likeness (QED) is 0.774. The van der Waals surface area contributed by atoms with Crippen LogP contribution in [0.1, 0.15) is 6.42 Å². The van der Waals surface area contributed by atoms with Crippen molar-refractivity contribution in [2.75, 3.05) is 5.32 Å². The predicted octanol–water partition coefficient (Wildman–Crippen LogP) is 1.24. The summed E-state index contributed by atoms with van der Waals surface area (Å²) in [6, 6.07) is 9.41. The van der Waals surface area contributed by atoms with Crippen molar-refractivity contribution in [1.82, 2.24) is 9.38 Å². The molecule has 2 aliphatic rings. The Balaban J connectivity index is 1.48. The largest absolute Gasteiger partial charge is 0.309 e. The number of aromatic nitrogens is 2. The molecule has 0 radical (unpaired) electrons. The van der Waals surface area contributed by atoms with Gasteiger partial charge in [-0.15, -0.1) is 0 Å². The molecule has 3 heterocycles. The summed E-state index contributed by atoms with van der Waals surface area (Å²) < 4.78 is 14.8. The molecule has 26 heavy (non-hydrogen) atoms. The van der Waals surface area contributed by atoms with Crippen molar-refractivity contribution in [3.8, 4) is 11.1 Å². The molecular weight excluding hydrogens is 335 g/mol. The lowest BCUT2D eigenvalue weighted by atomic mass is 10.1. The van der Waals surface area contributed by atoms with Crippen LogP contribution in [-0.4, -0.2) is 27.4 Å². The van der Waals surface area contributed by atoms with Gasteiger partial charge in [-0.3, -0.25) is 9.59 Å². The summed E-state index contributed by atoms with van der Waals surface area (Å²) in [7, 11) is 0. The second-order valence-electron chi connectivity index (χ2n) is 6.52. The topological polar surface area (TPSA) is 75.8 Å². The molecule has 1 aliphatic heterocycles. The van der Waals surface area contributed by atoms with E-state index in [1.165, 1.54) is 6.08 Å². The first-order valence-electron chi connectivity index (χ1n) is 8.25. The third-order valence-corrected chi connectivity index (χ3v) is 4.63. The fraction of sp³-hybridized carbons (Fsp3) is 0.158. The van der Waals surface area contributed by atoms with E-state index in [4.69, 9.17) is 0 Å². The number of alkyl halides is 1. The summed E-state index contributed by atoms with van der Waals surface area (Å²) in [5.41, 5.74) is 2.53. The summed E-state index contributed by atoms with van der Waals surface area (Å²) in [5, 5.41) is 4.14. The van der Waals surface area contributed by atoms with Gasteiger partial charge in [-0.05, 0) is 35.7 Å². The van der Waals surface area contributed by atoms with Crippen molar-refractivity contribution in [3.63, 3.8) is 0 Å². The highest BCUT2D eigenvalue weighted by Gasteiger charge is 2.43. The number of carbonyl (C=O) groups is 2. The Morgan fingerprint density at radius 2 is 2.00 bits per heavy atom. The highest BCUT2D eigenvalue weighted by molar-refractivity contribution is 6.06. The summed E-state index contributed by atoms with van der Waals surface area (Å²) in [6.45, 7) is 0. The fourth-order valence-corrected chi connectivity index (χ4v) is 3.10. The van der Waals surface area contributed by atoms with Gasteiger partial charge >= 0.3 is 0 Å². The average molecular weight is 348 g/mol. The molecule has 0 bridgehead atoms. The van der Waals surface area contributed by atoms with Crippen molar-refractivity contribution in [2.45, 2.75) is 12.6 Å². The second-order valence-corrected chi connectivity index (χ2v) is 6.52. The van der Waals surface area contributed by atoms with Crippen LogP contribution in [0.4, 0.5) is 10.2 Å². The SMILES string of the molecule is O=C1C=c2ccc(-c3ccc4nc(NC(=O)[C@@H]5C[C@@H]5F)cn4c3)cc2=N1. The molecule has 5 rings (SSSR count). The lowest BCUT2D eigenvalue weighted by Gasteiger charge is -2.02. The average Bonchev–Trinajstić information content (AvgIpc) is 3.04. The Labute approximate surface area is 146 Å². The maximum atomic E-state index is 13.0. The normalized spacial score (nSPS) is 20.4. The Bertz CT molecular complexity index is 1210. The van der Waals surface area contributed by atoms with E-state index < -0.39 is 12.1 Å². The first kappa shape index (κ1) is 14.9. The molecule has 128 valence electrons. The van der Waals surface area contributed by atoms with Crippen LogP contribution in [0.2, 0.25) is 0 Å². The van der Waals surface area contributed by atoms with Crippen LogP contribution < -0.4 is 15.9 Å². The number of pyridine rings is 1. The fourth-order valence-electron chi connectivity index (χ4n) is 3.10. The molecule has 2 aromatic heterocycles. The zero-order valence-corrected chi connectivity index (χ0v) is 13.5. The second kappa shape index (κ2) is 5.32. The Hall–Kier alpha value is -3.35. The van der Waals surface area contributed by atoms with E-state index in [9.17, 15) is 14.0 Å². The Morgan fingerprint density at radius 3 is 2.81 bits per heavy atom. The number of fused-ring (bicyclic) bond motifs is 2. The van der Waals surface area contributed by atoms with Crippen molar-refractivity contribution in [1.29, 1.82) is 0 Å². The van der Waals surface area contributed by atoms with Crippen LogP contribution in [0, 0.1) is 5.92 Å². The van der Waals surface area contributed by atoms with E-state index in [-0.39, 0.29) is 18.2 Å². The molecule has 2 amide bonds. The number of rotatable bonds is 3. The predicted molar refractivity (Wildman–Crippen MR) is 92.5 cm³/mol. The van der Waals surface area contributed by atoms with Gasteiger partial charge in [-0.25, -0.2) is 14.4 Å². The van der Waals surface area contributed by atoms with Crippen LogP contribution in [0.25, 0.3) is 22.9 Å². The summed E-state index contributed by atoms with van der Waals surface area (Å²) in [4.78, 5) is 31.5. The number of carbonyl (C=O) groups excluding carboxylic acids is 2. The van der Waals surface area contributed by atoms with Crippen LogP contribution in [0.15, 0.2) is 47.7 Å². The number of anilines is 1. The molecule has 1 aliphatic carbocycles. The molecule has 1 aromatic carbocycles. The molecule has 1 fully saturated rings. The van der Waals surface area contributed by atoms with Crippen molar-refractivity contribution >= 4 is 29.4 Å². The minimum Gasteiger partial charge on any atom is -0.309 e. The third-order valence-electron chi connectivity index (χ3n) is 4.63. The number of hydrogen-bond donors (Lipinski definition) is 1. The van der Waals surface area contributed by atoms with Gasteiger partial charge in [0.2, 0.25) is 5.91 Å². The highest BCUT2D eigenvalue weighted by atomic mass is 19.1. The molecule has 7 heteroatoms. The standard InChI is InChI=1S/C19H13FN4O2/c20-14-7-13(14)19(26)23-16-9-24-8-12(3-4-17(24)22-16)10-1-2-11-6-18(25)21-15(11)5-10/h1-6,8-9,13-14H,7H2,(H,23,26)/t13-,14+/m1/s1. The zero-order chi connectivity index (χ0) is 17.8. The monoisotopic (exact) mass is 348 g/mol. The van der Waals surface area contributed by atoms with Crippen molar-refractivity contribution in [3.05, 3.63) is 53.3 Å². The molecular formula is C19H13FN4O2. The first-order valence-corrected chi connectivity index (χ1v) is 8.25. The number of hydrogen-bond acceptors (Lipinski definition) is 3. The summed E-state index contributed by atoms with van der Waals surface area (Å²) in [6.07, 6.45) is 4.34. The molecule has 0 spiro atoms. The molecule has 3 aromatic rings. The Kier molecular flexibility index (Phi) is 3.06. The molecule has 1 N–H and O–H groups in total. The zero-order valence-electron chi connectivity index (χ0n) is 13.5. The van der Waals surface area contributed by atoms with E-state index in [1.54, 1.807) is 10.6 Å². The molecule has 0 saturated heterocycles. The Morgan fingerprint density at radius 1 is 1.19 bits per heavy atom. The van der Waals surface area contributed by atoms with E-state index in [1.807, 2.05) is 36.5 Å². The molecule has 1 saturated carbocycles. The molecule has 0 unspecified atom stereocenters. The number of nitrogens with zero attached hydrogens (tertiary/aromatic N) is 3. The van der Waals surface area contributed by atoms with Crippen LogP contribution in [0.3, 0.4) is 0 Å². The van der Waals surface area contributed by atoms with E-state index >= 15 is 0 Å². The van der Waals surface area contributed by atoms with E-state index in [2.05, 4.69) is 15.3 Å². The van der Waals surface area contributed by atoms with Gasteiger partial charge in [0.25, 0.3) is 5.91 Å². The summed E-state index contributed by atoms with van der Waals surface area (Å²) >= 11 is 0. The highest BCUT2D eigenvalue weighted by Crippen LogP contribution is 2.34. The number of nitrogens with one attached hydrogen (secondary N) is 1. The van der Waals surface area contributed by atoms with Gasteiger partial charge in [-0.2, -0.15) is 0 Å². The lowest BCUT2D eigenvalue weighted by molar-refractivity contribution is -0.117. The maximum absolute atomic E-state index is 13.0. The van der Waals surface area contributed by atoms with Crippen LogP contribution >= 0.6 is 0 Å². The number of imidazole rings is 1. The van der Waals surface area contributed by atoms with Gasteiger partial charge in [-0.1, -0.05) is 12.1 Å². The van der Waals surface area contributed by atoms with Gasteiger partial charge in [0.15, 0.2) is 5.82 Å². The number of amides is 2. The molecule has 6 nitrogen and oxygen atoms in total. The van der Waals surface area contributed by atoms with Gasteiger partial charge in [0.05, 0.1) is 17.5 Å². The summed E-state index contributed by atoms with van der Waals surface area (Å²) in [5.74, 6) is -0.725. The van der Waals surface area contributed by atoms with Gasteiger partial charge in [0, 0.05) is 17.5 Å². The smallest absolute Gasteiger partial charge is 0.270 e. The molecule has 2 atom stereocenters. The van der Waals surface area contributed by atoms with Crippen molar-refractivity contribution < 1.29 is 14.0 Å². The number of benzene rings is 1. The van der Waals surface area contributed by atoms with Gasteiger partial charge in [0.1, 0.15) is 11.8 Å². The third kappa shape index (κ3) is 2.48. The number of halogens is 1. The minimum absolute atomic E-state index is 0.242. The minimum atomic E-state index is -1.03. The maximum Gasteiger partial charge on any atom is 0.270 e. The first-order chi connectivity index (χ1) is 12.6. The van der Waals surface area contributed by atoms with E-state index in [0.29, 0.717) is 16.8 Å². The lowest BCUT2D eigenvalue weighted by Crippen LogP contribution is -2.20. The van der Waals surface area contributed by atoms with Crippen LogP contribution in [0.5, 0.6) is 0 Å². The van der Waals surface area contributed by atoms with Gasteiger partial charge < -0.3 is 9.72 Å². The van der Waals surface area contributed by atoms with Crippen LogP contribution in [-0.2, 0) is 9.59 Å². The van der Waals surface area contributed by atoms with E-state index in [0.717, 1.165) is 16.3 Å².